The molecule has 1 fully saturated rings. The second-order valence-corrected chi connectivity index (χ2v) is 4.41. The van der Waals surface area contributed by atoms with Crippen LogP contribution in [0, 0.1) is 0 Å². The van der Waals surface area contributed by atoms with E-state index in [2.05, 4.69) is 17.6 Å². The van der Waals surface area contributed by atoms with Gasteiger partial charge in [-0.25, -0.2) is 0 Å². The largest absolute Gasteiger partial charge is 0.394 e. The lowest BCUT2D eigenvalue weighted by molar-refractivity contribution is -0.128. The van der Waals surface area contributed by atoms with Crippen LogP contribution in [0.15, 0.2) is 0 Å². The van der Waals surface area contributed by atoms with E-state index in [9.17, 15) is 9.90 Å². The summed E-state index contributed by atoms with van der Waals surface area (Å²) in [7, 11) is 0. The summed E-state index contributed by atoms with van der Waals surface area (Å²) >= 11 is 0. The number of hydrogen-bond donors (Lipinski definition) is 4. The van der Waals surface area contributed by atoms with Crippen molar-refractivity contribution >= 4 is 5.91 Å². The van der Waals surface area contributed by atoms with Crippen molar-refractivity contribution in [2.45, 2.75) is 44.2 Å². The van der Waals surface area contributed by atoms with Gasteiger partial charge in [-0.1, -0.05) is 13.3 Å². The van der Waals surface area contributed by atoms with Gasteiger partial charge >= 0.3 is 0 Å². The third-order valence-electron chi connectivity index (χ3n) is 3.06. The van der Waals surface area contributed by atoms with E-state index in [4.69, 9.17) is 5.11 Å². The molecule has 1 heterocycles. The molecule has 5 nitrogen and oxygen atoms in total. The fourth-order valence-corrected chi connectivity index (χ4v) is 2.20. The van der Waals surface area contributed by atoms with E-state index in [1.165, 1.54) is 0 Å². The van der Waals surface area contributed by atoms with Gasteiger partial charge in [-0.3, -0.25) is 4.79 Å². The molecule has 1 aliphatic rings. The van der Waals surface area contributed by atoms with Crippen molar-refractivity contribution < 1.29 is 15.0 Å². The lowest BCUT2D eigenvalue weighted by Crippen LogP contribution is -2.54. The maximum absolute atomic E-state index is 12.0. The van der Waals surface area contributed by atoms with Crippen molar-refractivity contribution in [3.05, 3.63) is 0 Å². The van der Waals surface area contributed by atoms with Gasteiger partial charge in [0.05, 0.1) is 18.2 Å². The van der Waals surface area contributed by atoms with Crippen LogP contribution in [-0.4, -0.2) is 47.5 Å². The Morgan fingerprint density at radius 1 is 1.62 bits per heavy atom. The molecule has 1 rings (SSSR count). The molecule has 0 saturated carbocycles. The Labute approximate surface area is 96.2 Å². The Morgan fingerprint density at radius 2 is 2.38 bits per heavy atom. The molecule has 2 atom stereocenters. The van der Waals surface area contributed by atoms with Crippen LogP contribution < -0.4 is 10.6 Å². The SMILES string of the molecule is CCCC1(C(=O)NCC(O)CO)CCCN1. The highest BCUT2D eigenvalue weighted by atomic mass is 16.3. The molecule has 0 radical (unpaired) electrons. The van der Waals surface area contributed by atoms with E-state index in [0.717, 1.165) is 32.2 Å². The van der Waals surface area contributed by atoms with E-state index in [1.807, 2.05) is 0 Å². The summed E-state index contributed by atoms with van der Waals surface area (Å²) < 4.78 is 0. The Kier molecular flexibility index (Phi) is 5.18. The Morgan fingerprint density at radius 3 is 2.88 bits per heavy atom. The average molecular weight is 230 g/mol. The van der Waals surface area contributed by atoms with Gasteiger partial charge in [0.1, 0.15) is 0 Å². The molecule has 0 bridgehead atoms. The van der Waals surface area contributed by atoms with Gasteiger partial charge in [0.25, 0.3) is 0 Å². The van der Waals surface area contributed by atoms with Gasteiger partial charge in [-0.05, 0) is 25.8 Å². The molecular weight excluding hydrogens is 208 g/mol. The minimum atomic E-state index is -0.871. The van der Waals surface area contributed by atoms with Crippen LogP contribution in [0.1, 0.15) is 32.6 Å². The van der Waals surface area contributed by atoms with Gasteiger partial charge in [0.2, 0.25) is 5.91 Å². The van der Waals surface area contributed by atoms with Crippen molar-refractivity contribution in [3.8, 4) is 0 Å². The molecule has 1 saturated heterocycles. The maximum Gasteiger partial charge on any atom is 0.240 e. The first-order valence-corrected chi connectivity index (χ1v) is 5.97. The summed E-state index contributed by atoms with van der Waals surface area (Å²) in [6.45, 7) is 2.71. The third kappa shape index (κ3) is 3.17. The molecule has 2 unspecified atom stereocenters. The number of aliphatic hydroxyl groups excluding tert-OH is 2. The number of rotatable bonds is 6. The molecule has 0 aromatic rings. The first kappa shape index (κ1) is 13.4. The molecule has 0 aliphatic carbocycles. The first-order chi connectivity index (χ1) is 7.64. The number of carbonyl (C=O) groups is 1. The van der Waals surface area contributed by atoms with Crippen LogP contribution in [0.3, 0.4) is 0 Å². The Hall–Kier alpha value is -0.650. The van der Waals surface area contributed by atoms with Crippen molar-refractivity contribution in [1.82, 2.24) is 10.6 Å². The molecule has 0 spiro atoms. The second-order valence-electron chi connectivity index (χ2n) is 4.41. The normalized spacial score (nSPS) is 26.7. The molecule has 5 heteroatoms. The number of hydrogen-bond acceptors (Lipinski definition) is 4. The summed E-state index contributed by atoms with van der Waals surface area (Å²) in [5.74, 6) is -0.0562. The zero-order chi connectivity index (χ0) is 12.0. The van der Waals surface area contributed by atoms with Crippen molar-refractivity contribution in [2.75, 3.05) is 19.7 Å². The molecule has 0 aromatic heterocycles. The van der Waals surface area contributed by atoms with Gasteiger partial charge < -0.3 is 20.8 Å². The van der Waals surface area contributed by atoms with Crippen LogP contribution in [0.25, 0.3) is 0 Å². The Balaban J connectivity index is 2.48. The minimum Gasteiger partial charge on any atom is -0.394 e. The molecule has 1 amide bonds. The second kappa shape index (κ2) is 6.18. The topological polar surface area (TPSA) is 81.6 Å². The van der Waals surface area contributed by atoms with Crippen molar-refractivity contribution in [2.24, 2.45) is 0 Å². The predicted molar refractivity (Wildman–Crippen MR) is 61.0 cm³/mol. The van der Waals surface area contributed by atoms with Crippen molar-refractivity contribution in [3.63, 3.8) is 0 Å². The van der Waals surface area contributed by atoms with Gasteiger partial charge in [0.15, 0.2) is 0 Å². The Bertz CT molecular complexity index is 227. The molecule has 0 aromatic carbocycles. The number of nitrogens with one attached hydrogen (secondary N) is 2. The van der Waals surface area contributed by atoms with Crippen LogP contribution >= 0.6 is 0 Å². The number of amides is 1. The molecule has 1 aliphatic heterocycles. The first-order valence-electron chi connectivity index (χ1n) is 5.97. The van der Waals surface area contributed by atoms with E-state index in [1.54, 1.807) is 0 Å². The highest BCUT2D eigenvalue weighted by Gasteiger charge is 2.39. The zero-order valence-corrected chi connectivity index (χ0v) is 9.83. The third-order valence-corrected chi connectivity index (χ3v) is 3.06. The summed E-state index contributed by atoms with van der Waals surface area (Å²) in [6.07, 6.45) is 2.75. The lowest BCUT2D eigenvalue weighted by Gasteiger charge is -2.28. The van der Waals surface area contributed by atoms with E-state index >= 15 is 0 Å². The quantitative estimate of drug-likeness (QED) is 0.490. The molecular formula is C11H22N2O3. The fourth-order valence-electron chi connectivity index (χ4n) is 2.20. The average Bonchev–Trinajstić information content (AvgIpc) is 2.75. The van der Waals surface area contributed by atoms with Crippen LogP contribution in [-0.2, 0) is 4.79 Å². The molecule has 94 valence electrons. The van der Waals surface area contributed by atoms with Gasteiger partial charge in [-0.2, -0.15) is 0 Å². The van der Waals surface area contributed by atoms with Crippen LogP contribution in [0.4, 0.5) is 0 Å². The smallest absolute Gasteiger partial charge is 0.240 e. The van der Waals surface area contributed by atoms with Gasteiger partial charge in [-0.15, -0.1) is 0 Å². The van der Waals surface area contributed by atoms with Crippen LogP contribution in [0.5, 0.6) is 0 Å². The standard InChI is InChI=1S/C11H22N2O3/c1-2-4-11(5-3-6-13-11)10(16)12-7-9(15)8-14/h9,13-15H,2-8H2,1H3,(H,12,16). The summed E-state index contributed by atoms with van der Waals surface area (Å²) in [6, 6.07) is 0. The predicted octanol–water partition coefficient (Wildman–Crippen LogP) is -0.622. The summed E-state index contributed by atoms with van der Waals surface area (Å²) in [5, 5.41) is 23.8. The van der Waals surface area contributed by atoms with E-state index in [0.29, 0.717) is 0 Å². The van der Waals surface area contributed by atoms with Crippen LogP contribution in [0.2, 0.25) is 0 Å². The highest BCUT2D eigenvalue weighted by molar-refractivity contribution is 5.86. The highest BCUT2D eigenvalue weighted by Crippen LogP contribution is 2.24. The number of aliphatic hydroxyl groups is 2. The fraction of sp³-hybridized carbons (Fsp3) is 0.909. The minimum absolute atomic E-state index is 0.0562. The maximum atomic E-state index is 12.0. The molecule has 16 heavy (non-hydrogen) atoms. The summed E-state index contributed by atoms with van der Waals surface area (Å²) in [5.41, 5.74) is -0.454. The number of carbonyl (C=O) groups excluding carboxylic acids is 1. The van der Waals surface area contributed by atoms with E-state index in [-0.39, 0.29) is 19.1 Å². The monoisotopic (exact) mass is 230 g/mol. The van der Waals surface area contributed by atoms with E-state index < -0.39 is 11.6 Å². The lowest BCUT2D eigenvalue weighted by atomic mass is 9.91. The van der Waals surface area contributed by atoms with Gasteiger partial charge in [0, 0.05) is 6.54 Å². The zero-order valence-electron chi connectivity index (χ0n) is 9.83. The molecule has 4 N–H and O–H groups in total. The summed E-state index contributed by atoms with van der Waals surface area (Å²) in [4.78, 5) is 12.0. The van der Waals surface area contributed by atoms with Crippen molar-refractivity contribution in [1.29, 1.82) is 0 Å².